The van der Waals surface area contributed by atoms with Crippen molar-refractivity contribution in [2.45, 2.75) is 19.8 Å². The molecule has 1 atom stereocenters. The maximum Gasteiger partial charge on any atom is 0.274 e. The molecule has 0 radical (unpaired) electrons. The standard InChI is InChI=1S/C23H24N4O2S/c1-2-25-22(29)23(9-12-27(16-23)21(28)19-15-24-10-11-26-19)14-17-5-7-18(8-6-17)20-4-3-13-30-20/h3-8,10-11,13,15H,2,9,12,14,16H2,1H3,(H,25,29). The van der Waals surface area contributed by atoms with Crippen molar-refractivity contribution in [2.75, 3.05) is 19.6 Å². The van der Waals surface area contributed by atoms with Crippen LogP contribution in [0.1, 0.15) is 29.4 Å². The summed E-state index contributed by atoms with van der Waals surface area (Å²) in [5.41, 5.74) is 1.93. The number of rotatable bonds is 6. The third-order valence-corrected chi connectivity index (χ3v) is 6.46. The Hall–Kier alpha value is -3.06. The Balaban J connectivity index is 1.55. The number of carbonyl (C=O) groups excluding carboxylic acids is 2. The predicted octanol–water partition coefficient (Wildman–Crippen LogP) is 3.42. The lowest BCUT2D eigenvalue weighted by Gasteiger charge is -2.28. The summed E-state index contributed by atoms with van der Waals surface area (Å²) in [7, 11) is 0. The highest BCUT2D eigenvalue weighted by Crippen LogP contribution is 2.36. The molecule has 0 saturated carbocycles. The van der Waals surface area contributed by atoms with Gasteiger partial charge in [0.05, 0.1) is 11.6 Å². The molecule has 1 fully saturated rings. The fourth-order valence-corrected chi connectivity index (χ4v) is 4.73. The minimum absolute atomic E-state index is 0.00165. The summed E-state index contributed by atoms with van der Waals surface area (Å²) in [4.78, 5) is 36.9. The minimum atomic E-state index is -0.641. The highest BCUT2D eigenvalue weighted by Gasteiger charge is 2.46. The summed E-state index contributed by atoms with van der Waals surface area (Å²) in [6.07, 6.45) is 5.73. The van der Waals surface area contributed by atoms with Crippen molar-refractivity contribution in [2.24, 2.45) is 5.41 Å². The fraction of sp³-hybridized carbons (Fsp3) is 0.304. The van der Waals surface area contributed by atoms with Gasteiger partial charge in [-0.1, -0.05) is 30.3 Å². The van der Waals surface area contributed by atoms with Gasteiger partial charge in [0, 0.05) is 36.9 Å². The molecule has 1 aromatic carbocycles. The van der Waals surface area contributed by atoms with E-state index in [4.69, 9.17) is 0 Å². The van der Waals surface area contributed by atoms with E-state index >= 15 is 0 Å². The predicted molar refractivity (Wildman–Crippen MR) is 117 cm³/mol. The zero-order valence-corrected chi connectivity index (χ0v) is 17.7. The zero-order valence-electron chi connectivity index (χ0n) is 16.9. The van der Waals surface area contributed by atoms with Crippen LogP contribution in [0.4, 0.5) is 0 Å². The maximum absolute atomic E-state index is 13.1. The van der Waals surface area contributed by atoms with Crippen LogP contribution >= 0.6 is 11.3 Å². The first-order chi connectivity index (χ1) is 14.6. The molecule has 0 bridgehead atoms. The second-order valence-electron chi connectivity index (χ2n) is 7.56. The Labute approximate surface area is 180 Å². The van der Waals surface area contributed by atoms with Gasteiger partial charge in [-0.05, 0) is 42.3 Å². The van der Waals surface area contributed by atoms with Crippen LogP contribution in [0, 0.1) is 5.41 Å². The molecule has 4 rings (SSSR count). The molecular formula is C23H24N4O2S. The number of nitrogens with zero attached hydrogens (tertiary/aromatic N) is 3. The lowest BCUT2D eigenvalue weighted by Crippen LogP contribution is -2.45. The second-order valence-corrected chi connectivity index (χ2v) is 8.51. The van der Waals surface area contributed by atoms with Crippen LogP contribution in [0.15, 0.2) is 60.4 Å². The Kier molecular flexibility index (Phi) is 5.90. The number of thiophene rings is 1. The quantitative estimate of drug-likeness (QED) is 0.663. The SMILES string of the molecule is CCNC(=O)C1(Cc2ccc(-c3cccs3)cc2)CCN(C(=O)c2cnccn2)C1. The third kappa shape index (κ3) is 4.11. The highest BCUT2D eigenvalue weighted by atomic mass is 32.1. The molecule has 2 aromatic heterocycles. The molecule has 3 heterocycles. The van der Waals surface area contributed by atoms with Gasteiger partial charge in [0.2, 0.25) is 5.91 Å². The molecule has 154 valence electrons. The van der Waals surface area contributed by atoms with E-state index in [1.165, 1.54) is 22.8 Å². The van der Waals surface area contributed by atoms with Crippen LogP contribution in [0.3, 0.4) is 0 Å². The average molecular weight is 421 g/mol. The van der Waals surface area contributed by atoms with Crippen molar-refractivity contribution in [1.82, 2.24) is 20.2 Å². The largest absolute Gasteiger partial charge is 0.356 e. The lowest BCUT2D eigenvalue weighted by atomic mass is 9.79. The van der Waals surface area contributed by atoms with Crippen LogP contribution in [-0.4, -0.2) is 46.3 Å². The molecule has 0 spiro atoms. The van der Waals surface area contributed by atoms with E-state index in [0.29, 0.717) is 38.2 Å². The van der Waals surface area contributed by atoms with Crippen LogP contribution in [-0.2, 0) is 11.2 Å². The first-order valence-electron chi connectivity index (χ1n) is 10.1. The maximum atomic E-state index is 13.1. The molecule has 1 N–H and O–H groups in total. The van der Waals surface area contributed by atoms with Gasteiger partial charge >= 0.3 is 0 Å². The van der Waals surface area contributed by atoms with Crippen LogP contribution < -0.4 is 5.32 Å². The molecular weight excluding hydrogens is 396 g/mol. The number of aromatic nitrogens is 2. The fourth-order valence-electron chi connectivity index (χ4n) is 4.00. The molecule has 0 aliphatic carbocycles. The number of nitrogens with one attached hydrogen (secondary N) is 1. The molecule has 1 aliphatic heterocycles. The van der Waals surface area contributed by atoms with Gasteiger partial charge in [0.15, 0.2) is 0 Å². The van der Waals surface area contributed by atoms with E-state index in [9.17, 15) is 9.59 Å². The Morgan fingerprint density at radius 3 is 2.70 bits per heavy atom. The molecule has 3 aromatic rings. The van der Waals surface area contributed by atoms with Gasteiger partial charge in [0.25, 0.3) is 5.91 Å². The molecule has 30 heavy (non-hydrogen) atoms. The Morgan fingerprint density at radius 2 is 2.03 bits per heavy atom. The van der Waals surface area contributed by atoms with Gasteiger partial charge in [-0.3, -0.25) is 14.6 Å². The zero-order chi connectivity index (χ0) is 21.0. The Bertz CT molecular complexity index is 1010. The summed E-state index contributed by atoms with van der Waals surface area (Å²) >= 11 is 1.71. The van der Waals surface area contributed by atoms with E-state index < -0.39 is 5.41 Å². The molecule has 1 aliphatic rings. The van der Waals surface area contributed by atoms with Gasteiger partial charge in [0.1, 0.15) is 5.69 Å². The van der Waals surface area contributed by atoms with Crippen molar-refractivity contribution in [3.05, 3.63) is 71.6 Å². The molecule has 2 amide bonds. The average Bonchev–Trinajstić information content (AvgIpc) is 3.46. The summed E-state index contributed by atoms with van der Waals surface area (Å²) in [6.45, 7) is 3.38. The van der Waals surface area contributed by atoms with E-state index in [0.717, 1.165) is 5.56 Å². The monoisotopic (exact) mass is 420 g/mol. The lowest BCUT2D eigenvalue weighted by molar-refractivity contribution is -0.130. The second kappa shape index (κ2) is 8.75. The van der Waals surface area contributed by atoms with E-state index in [1.807, 2.05) is 13.0 Å². The topological polar surface area (TPSA) is 75.2 Å². The molecule has 7 heteroatoms. The normalized spacial score (nSPS) is 18.4. The molecule has 1 unspecified atom stereocenters. The van der Waals surface area contributed by atoms with Gasteiger partial charge < -0.3 is 10.2 Å². The van der Waals surface area contributed by atoms with E-state index in [2.05, 4.69) is 51.0 Å². The van der Waals surface area contributed by atoms with E-state index in [-0.39, 0.29) is 11.8 Å². The van der Waals surface area contributed by atoms with Crippen LogP contribution in [0.2, 0.25) is 0 Å². The summed E-state index contributed by atoms with van der Waals surface area (Å²) in [5.74, 6) is -0.177. The number of hydrogen-bond acceptors (Lipinski definition) is 5. The van der Waals surface area contributed by atoms with Crippen molar-refractivity contribution in [1.29, 1.82) is 0 Å². The minimum Gasteiger partial charge on any atom is -0.356 e. The van der Waals surface area contributed by atoms with Gasteiger partial charge in [-0.25, -0.2) is 4.98 Å². The van der Waals surface area contributed by atoms with Crippen molar-refractivity contribution >= 4 is 23.2 Å². The Morgan fingerprint density at radius 1 is 1.20 bits per heavy atom. The number of hydrogen-bond donors (Lipinski definition) is 1. The number of likely N-dealkylation sites (tertiary alicyclic amines) is 1. The van der Waals surface area contributed by atoms with Crippen LogP contribution in [0.5, 0.6) is 0 Å². The van der Waals surface area contributed by atoms with Crippen molar-refractivity contribution in [3.8, 4) is 10.4 Å². The van der Waals surface area contributed by atoms with E-state index in [1.54, 1.807) is 22.4 Å². The molecule has 6 nitrogen and oxygen atoms in total. The summed E-state index contributed by atoms with van der Waals surface area (Å²) < 4.78 is 0. The molecule has 1 saturated heterocycles. The smallest absolute Gasteiger partial charge is 0.274 e. The summed E-state index contributed by atoms with van der Waals surface area (Å²) in [5, 5.41) is 5.04. The van der Waals surface area contributed by atoms with Gasteiger partial charge in [-0.2, -0.15) is 0 Å². The first kappa shape index (κ1) is 20.2. The number of benzene rings is 1. The van der Waals surface area contributed by atoms with Crippen LogP contribution in [0.25, 0.3) is 10.4 Å². The third-order valence-electron chi connectivity index (χ3n) is 5.54. The summed E-state index contributed by atoms with van der Waals surface area (Å²) in [6, 6.07) is 12.5. The van der Waals surface area contributed by atoms with Gasteiger partial charge in [-0.15, -0.1) is 11.3 Å². The van der Waals surface area contributed by atoms with Crippen molar-refractivity contribution in [3.63, 3.8) is 0 Å². The first-order valence-corrected chi connectivity index (χ1v) is 11.0. The number of carbonyl (C=O) groups is 2. The highest BCUT2D eigenvalue weighted by molar-refractivity contribution is 7.13. The number of amides is 2. The van der Waals surface area contributed by atoms with Crippen molar-refractivity contribution < 1.29 is 9.59 Å².